The molecule has 1 atom stereocenters. The summed E-state index contributed by atoms with van der Waals surface area (Å²) in [7, 11) is 0. The van der Waals surface area contributed by atoms with Crippen molar-refractivity contribution in [1.82, 2.24) is 9.47 Å². The molecule has 3 heterocycles. The van der Waals surface area contributed by atoms with Gasteiger partial charge < -0.3 is 13.9 Å². The molecular formula is C18H15ClN2O2S. The number of benzene rings is 1. The van der Waals surface area contributed by atoms with Gasteiger partial charge in [0.05, 0.1) is 29.3 Å². The second-order valence-corrected chi connectivity index (χ2v) is 7.04. The number of hydrogen-bond donors (Lipinski definition) is 0. The molecule has 4 nitrogen and oxygen atoms in total. The Morgan fingerprint density at radius 1 is 1.21 bits per heavy atom. The van der Waals surface area contributed by atoms with Crippen molar-refractivity contribution in [3.63, 3.8) is 0 Å². The largest absolute Gasteiger partial charge is 0.467 e. The number of nitrogens with zero attached hydrogens (tertiary/aromatic N) is 2. The zero-order valence-corrected chi connectivity index (χ0v) is 14.3. The fraction of sp³-hybridized carbons (Fsp3) is 0.167. The van der Waals surface area contributed by atoms with E-state index in [1.165, 1.54) is 0 Å². The topological polar surface area (TPSA) is 38.4 Å². The van der Waals surface area contributed by atoms with Gasteiger partial charge in [-0.15, -0.1) is 11.8 Å². The molecule has 4 rings (SSSR count). The van der Waals surface area contributed by atoms with Crippen molar-refractivity contribution in [1.29, 1.82) is 0 Å². The predicted octanol–water partition coefficient (Wildman–Crippen LogP) is 4.50. The Morgan fingerprint density at radius 3 is 2.88 bits per heavy atom. The summed E-state index contributed by atoms with van der Waals surface area (Å²) in [6.45, 7) is 0.487. The van der Waals surface area contributed by atoms with Crippen molar-refractivity contribution in [2.24, 2.45) is 0 Å². The van der Waals surface area contributed by atoms with E-state index in [4.69, 9.17) is 16.0 Å². The van der Waals surface area contributed by atoms with Gasteiger partial charge in [-0.1, -0.05) is 23.7 Å². The summed E-state index contributed by atoms with van der Waals surface area (Å²) in [5.41, 5.74) is 2.01. The zero-order chi connectivity index (χ0) is 16.5. The molecule has 1 fully saturated rings. The Balaban J connectivity index is 1.61. The third-order valence-corrected chi connectivity index (χ3v) is 5.58. The number of aromatic nitrogens is 1. The van der Waals surface area contributed by atoms with Crippen LogP contribution in [0.2, 0.25) is 5.02 Å². The molecule has 0 radical (unpaired) electrons. The van der Waals surface area contributed by atoms with E-state index in [2.05, 4.69) is 0 Å². The minimum absolute atomic E-state index is 0.00802. The lowest BCUT2D eigenvalue weighted by Crippen LogP contribution is -2.27. The van der Waals surface area contributed by atoms with Crippen LogP contribution in [0.5, 0.6) is 0 Å². The molecule has 6 heteroatoms. The number of thioether (sulfide) groups is 1. The number of hydrogen-bond acceptors (Lipinski definition) is 3. The minimum atomic E-state index is -0.00802. The number of furan rings is 1. The molecule has 0 bridgehead atoms. The molecule has 0 aliphatic carbocycles. The smallest absolute Gasteiger partial charge is 0.234 e. The molecule has 122 valence electrons. The Kier molecular flexibility index (Phi) is 4.12. The summed E-state index contributed by atoms with van der Waals surface area (Å²) < 4.78 is 7.38. The van der Waals surface area contributed by atoms with E-state index in [-0.39, 0.29) is 11.3 Å². The second kappa shape index (κ2) is 6.42. The molecule has 1 aromatic carbocycles. The summed E-state index contributed by atoms with van der Waals surface area (Å²) in [6, 6.07) is 13.5. The Bertz CT molecular complexity index is 860. The lowest BCUT2D eigenvalue weighted by molar-refractivity contribution is -0.128. The summed E-state index contributed by atoms with van der Waals surface area (Å²) in [5.74, 6) is 1.41. The highest BCUT2D eigenvalue weighted by molar-refractivity contribution is 8.00. The standard InChI is InChI=1S/C18H15ClN2O2S/c19-15-5-1-2-6-16(15)20-8-7-13(10-20)18-21(17(22)12-24-18)11-14-4-3-9-23-14/h1-10,18H,11-12H2/t18-/m1/s1. The number of carbonyl (C=O) groups is 1. The summed E-state index contributed by atoms with van der Waals surface area (Å²) in [4.78, 5) is 14.1. The van der Waals surface area contributed by atoms with Crippen LogP contribution in [0.3, 0.4) is 0 Å². The number of rotatable bonds is 4. The minimum Gasteiger partial charge on any atom is -0.467 e. The normalized spacial score (nSPS) is 17.6. The van der Waals surface area contributed by atoms with Gasteiger partial charge in [0.1, 0.15) is 11.1 Å². The third-order valence-electron chi connectivity index (χ3n) is 4.01. The maximum absolute atomic E-state index is 12.3. The highest BCUT2D eigenvalue weighted by atomic mass is 35.5. The molecule has 2 aromatic heterocycles. The molecule has 0 spiro atoms. The average molecular weight is 359 g/mol. The van der Waals surface area contributed by atoms with E-state index in [9.17, 15) is 4.79 Å². The molecule has 24 heavy (non-hydrogen) atoms. The van der Waals surface area contributed by atoms with Crippen molar-refractivity contribution in [2.45, 2.75) is 11.9 Å². The van der Waals surface area contributed by atoms with Crippen LogP contribution in [0.1, 0.15) is 16.7 Å². The molecule has 0 saturated carbocycles. The first-order valence-electron chi connectivity index (χ1n) is 7.58. The molecular weight excluding hydrogens is 344 g/mol. The third kappa shape index (κ3) is 2.85. The first-order valence-corrected chi connectivity index (χ1v) is 9.01. The predicted molar refractivity (Wildman–Crippen MR) is 95.2 cm³/mol. The Morgan fingerprint density at radius 2 is 2.08 bits per heavy atom. The number of amides is 1. The highest BCUT2D eigenvalue weighted by Gasteiger charge is 2.33. The SMILES string of the molecule is O=C1CS[C@H](c2ccn(-c3ccccc3Cl)c2)N1Cc1ccco1. The van der Waals surface area contributed by atoms with Gasteiger partial charge >= 0.3 is 0 Å². The van der Waals surface area contributed by atoms with Crippen molar-refractivity contribution < 1.29 is 9.21 Å². The van der Waals surface area contributed by atoms with E-state index < -0.39 is 0 Å². The highest BCUT2D eigenvalue weighted by Crippen LogP contribution is 2.40. The Labute approximate surface area is 149 Å². The van der Waals surface area contributed by atoms with Gasteiger partial charge in [-0.05, 0) is 30.3 Å². The molecule has 3 aromatic rings. The molecule has 1 saturated heterocycles. The fourth-order valence-electron chi connectivity index (χ4n) is 2.84. The van der Waals surface area contributed by atoms with E-state index in [1.54, 1.807) is 18.0 Å². The van der Waals surface area contributed by atoms with Crippen LogP contribution in [0.4, 0.5) is 0 Å². The molecule has 1 aliphatic rings. The van der Waals surface area contributed by atoms with E-state index >= 15 is 0 Å². The quantitative estimate of drug-likeness (QED) is 0.689. The fourth-order valence-corrected chi connectivity index (χ4v) is 4.25. The van der Waals surface area contributed by atoms with Crippen molar-refractivity contribution >= 4 is 29.3 Å². The van der Waals surface area contributed by atoms with Crippen molar-refractivity contribution in [2.75, 3.05) is 5.75 Å². The first kappa shape index (κ1) is 15.4. The lowest BCUT2D eigenvalue weighted by atomic mass is 10.3. The number of para-hydroxylation sites is 1. The second-order valence-electron chi connectivity index (χ2n) is 5.57. The summed E-state index contributed by atoms with van der Waals surface area (Å²) in [5, 5.41) is 0.689. The van der Waals surface area contributed by atoms with Gasteiger partial charge in [0, 0.05) is 18.0 Å². The van der Waals surface area contributed by atoms with Gasteiger partial charge in [-0.2, -0.15) is 0 Å². The van der Waals surface area contributed by atoms with Crippen LogP contribution in [0.15, 0.2) is 65.5 Å². The van der Waals surface area contributed by atoms with Gasteiger partial charge in [-0.25, -0.2) is 0 Å². The average Bonchev–Trinajstić information content (AvgIpc) is 3.31. The summed E-state index contributed by atoms with van der Waals surface area (Å²) >= 11 is 7.91. The van der Waals surface area contributed by atoms with Crippen LogP contribution in [-0.2, 0) is 11.3 Å². The van der Waals surface area contributed by atoms with Crippen LogP contribution in [0.25, 0.3) is 5.69 Å². The monoisotopic (exact) mass is 358 g/mol. The van der Waals surface area contributed by atoms with Crippen LogP contribution >= 0.6 is 23.4 Å². The maximum atomic E-state index is 12.3. The van der Waals surface area contributed by atoms with E-state index in [1.807, 2.05) is 64.3 Å². The maximum Gasteiger partial charge on any atom is 0.234 e. The molecule has 0 unspecified atom stereocenters. The van der Waals surface area contributed by atoms with Gasteiger partial charge in [0.15, 0.2) is 0 Å². The van der Waals surface area contributed by atoms with Crippen molar-refractivity contribution in [3.05, 3.63) is 77.5 Å². The Hall–Kier alpha value is -2.11. The van der Waals surface area contributed by atoms with Crippen molar-refractivity contribution in [3.8, 4) is 5.69 Å². The molecule has 1 amide bonds. The van der Waals surface area contributed by atoms with Gasteiger partial charge in [0.2, 0.25) is 5.91 Å². The van der Waals surface area contributed by atoms with E-state index in [0.717, 1.165) is 17.0 Å². The van der Waals surface area contributed by atoms with E-state index in [0.29, 0.717) is 17.3 Å². The zero-order valence-electron chi connectivity index (χ0n) is 12.8. The summed E-state index contributed by atoms with van der Waals surface area (Å²) in [6.07, 6.45) is 5.64. The van der Waals surface area contributed by atoms with Crippen LogP contribution in [0, 0.1) is 0 Å². The number of carbonyl (C=O) groups excluding carboxylic acids is 1. The first-order chi connectivity index (χ1) is 11.7. The number of halogens is 1. The molecule has 1 aliphatic heterocycles. The van der Waals surface area contributed by atoms with Crippen LogP contribution in [-0.4, -0.2) is 21.1 Å². The molecule has 0 N–H and O–H groups in total. The van der Waals surface area contributed by atoms with Crippen LogP contribution < -0.4 is 0 Å². The lowest BCUT2D eigenvalue weighted by Gasteiger charge is -2.22. The van der Waals surface area contributed by atoms with Gasteiger partial charge in [-0.3, -0.25) is 4.79 Å². The van der Waals surface area contributed by atoms with Gasteiger partial charge in [0.25, 0.3) is 0 Å².